The van der Waals surface area contributed by atoms with Gasteiger partial charge in [0.15, 0.2) is 0 Å². The van der Waals surface area contributed by atoms with Crippen LogP contribution in [0.2, 0.25) is 5.15 Å². The van der Waals surface area contributed by atoms with E-state index in [4.69, 9.17) is 11.6 Å². The van der Waals surface area contributed by atoms with E-state index in [-0.39, 0.29) is 5.91 Å². The molecule has 4 heteroatoms. The second kappa shape index (κ2) is 4.10. The number of halogens is 1. The van der Waals surface area contributed by atoms with Gasteiger partial charge in [0.2, 0.25) is 0 Å². The summed E-state index contributed by atoms with van der Waals surface area (Å²) in [6.07, 6.45) is 0. The van der Waals surface area contributed by atoms with Gasteiger partial charge in [0.1, 0.15) is 5.15 Å². The van der Waals surface area contributed by atoms with Crippen LogP contribution in [0.4, 0.5) is 0 Å². The van der Waals surface area contributed by atoms with Gasteiger partial charge in [0.25, 0.3) is 5.91 Å². The van der Waals surface area contributed by atoms with Gasteiger partial charge in [0, 0.05) is 25.0 Å². The van der Waals surface area contributed by atoms with Crippen LogP contribution >= 0.6 is 11.6 Å². The number of nitrogens with zero attached hydrogens (tertiary/aromatic N) is 2. The zero-order valence-corrected chi connectivity index (χ0v) is 9.82. The SMILES string of the molecule is CN(C)C(=O)c1cccc2nc(Cl)ccc12. The summed E-state index contributed by atoms with van der Waals surface area (Å²) in [5, 5.41) is 1.26. The number of rotatable bonds is 1. The third kappa shape index (κ3) is 1.86. The van der Waals surface area contributed by atoms with Crippen molar-refractivity contribution in [2.45, 2.75) is 0 Å². The summed E-state index contributed by atoms with van der Waals surface area (Å²) in [5.41, 5.74) is 1.38. The Morgan fingerprint density at radius 2 is 2.00 bits per heavy atom. The number of carbonyl (C=O) groups is 1. The average Bonchev–Trinajstić information content (AvgIpc) is 2.26. The third-order valence-electron chi connectivity index (χ3n) is 2.33. The maximum Gasteiger partial charge on any atom is 0.254 e. The van der Waals surface area contributed by atoms with Crippen molar-refractivity contribution in [1.29, 1.82) is 0 Å². The van der Waals surface area contributed by atoms with Crippen molar-refractivity contribution in [3.8, 4) is 0 Å². The van der Waals surface area contributed by atoms with Gasteiger partial charge in [-0.15, -0.1) is 0 Å². The van der Waals surface area contributed by atoms with Crippen LogP contribution in [0, 0.1) is 0 Å². The maximum absolute atomic E-state index is 11.9. The number of carbonyl (C=O) groups excluding carboxylic acids is 1. The molecule has 0 bridgehead atoms. The van der Waals surface area contributed by atoms with Crippen LogP contribution in [0.3, 0.4) is 0 Å². The van der Waals surface area contributed by atoms with Crippen molar-refractivity contribution in [3.63, 3.8) is 0 Å². The molecule has 2 rings (SSSR count). The van der Waals surface area contributed by atoms with Crippen molar-refractivity contribution in [2.24, 2.45) is 0 Å². The quantitative estimate of drug-likeness (QED) is 0.711. The van der Waals surface area contributed by atoms with E-state index in [1.807, 2.05) is 18.2 Å². The van der Waals surface area contributed by atoms with Gasteiger partial charge in [-0.2, -0.15) is 0 Å². The van der Waals surface area contributed by atoms with Crippen LogP contribution in [0.1, 0.15) is 10.4 Å². The Bertz CT molecular complexity index is 552. The highest BCUT2D eigenvalue weighted by atomic mass is 35.5. The highest BCUT2D eigenvalue weighted by Gasteiger charge is 2.11. The Kier molecular flexibility index (Phi) is 2.79. The van der Waals surface area contributed by atoms with E-state index >= 15 is 0 Å². The predicted octanol–water partition coefficient (Wildman–Crippen LogP) is 2.59. The van der Waals surface area contributed by atoms with Crippen LogP contribution in [-0.2, 0) is 0 Å². The molecular weight excluding hydrogens is 224 g/mol. The van der Waals surface area contributed by atoms with Crippen molar-refractivity contribution in [1.82, 2.24) is 9.88 Å². The summed E-state index contributed by atoms with van der Waals surface area (Å²) >= 11 is 5.81. The molecule has 0 spiro atoms. The first-order valence-corrected chi connectivity index (χ1v) is 5.24. The molecule has 0 radical (unpaired) electrons. The van der Waals surface area contributed by atoms with Gasteiger partial charge < -0.3 is 4.90 Å². The Labute approximate surface area is 98.7 Å². The number of aromatic nitrogens is 1. The molecule has 1 heterocycles. The van der Waals surface area contributed by atoms with Gasteiger partial charge in [0.05, 0.1) is 5.52 Å². The lowest BCUT2D eigenvalue weighted by Gasteiger charge is -2.11. The van der Waals surface area contributed by atoms with Crippen molar-refractivity contribution in [3.05, 3.63) is 41.0 Å². The largest absolute Gasteiger partial charge is 0.345 e. The molecule has 1 aromatic carbocycles. The van der Waals surface area contributed by atoms with E-state index in [1.54, 1.807) is 31.1 Å². The first kappa shape index (κ1) is 10.9. The molecular formula is C12H11ClN2O. The van der Waals surface area contributed by atoms with E-state index in [0.29, 0.717) is 10.7 Å². The molecule has 3 nitrogen and oxygen atoms in total. The van der Waals surface area contributed by atoms with Gasteiger partial charge >= 0.3 is 0 Å². The number of hydrogen-bond donors (Lipinski definition) is 0. The molecule has 0 unspecified atom stereocenters. The lowest BCUT2D eigenvalue weighted by Crippen LogP contribution is -2.21. The molecule has 82 valence electrons. The number of pyridine rings is 1. The second-order valence-corrected chi connectivity index (χ2v) is 4.09. The monoisotopic (exact) mass is 234 g/mol. The summed E-state index contributed by atoms with van der Waals surface area (Å²) in [6.45, 7) is 0. The number of benzene rings is 1. The van der Waals surface area contributed by atoms with Gasteiger partial charge in [-0.05, 0) is 24.3 Å². The van der Waals surface area contributed by atoms with Gasteiger partial charge in [-0.3, -0.25) is 4.79 Å². The molecule has 0 aliphatic rings. The lowest BCUT2D eigenvalue weighted by atomic mass is 10.1. The molecule has 0 N–H and O–H groups in total. The van der Waals surface area contributed by atoms with E-state index in [0.717, 1.165) is 10.9 Å². The molecule has 0 saturated carbocycles. The molecule has 2 aromatic rings. The molecule has 0 saturated heterocycles. The lowest BCUT2D eigenvalue weighted by molar-refractivity contribution is 0.0829. The standard InChI is InChI=1S/C12H11ClN2O/c1-15(2)12(16)9-4-3-5-10-8(9)6-7-11(13)14-10/h3-7H,1-2H3. The van der Waals surface area contributed by atoms with Crippen molar-refractivity contribution < 1.29 is 4.79 Å². The summed E-state index contributed by atoms with van der Waals surface area (Å²) in [4.78, 5) is 17.6. The fourth-order valence-corrected chi connectivity index (χ4v) is 1.71. The van der Waals surface area contributed by atoms with Gasteiger partial charge in [-0.25, -0.2) is 4.98 Å². The fourth-order valence-electron chi connectivity index (χ4n) is 1.56. The van der Waals surface area contributed by atoms with Crippen molar-refractivity contribution in [2.75, 3.05) is 14.1 Å². The highest BCUT2D eigenvalue weighted by Crippen LogP contribution is 2.20. The molecule has 1 aromatic heterocycles. The van der Waals surface area contributed by atoms with Crippen LogP contribution in [-0.4, -0.2) is 29.9 Å². The average molecular weight is 235 g/mol. The zero-order chi connectivity index (χ0) is 11.7. The zero-order valence-electron chi connectivity index (χ0n) is 9.07. The van der Waals surface area contributed by atoms with E-state index < -0.39 is 0 Å². The molecule has 1 amide bonds. The van der Waals surface area contributed by atoms with Gasteiger partial charge in [-0.1, -0.05) is 17.7 Å². The minimum absolute atomic E-state index is 0.0327. The van der Waals surface area contributed by atoms with E-state index in [9.17, 15) is 4.79 Å². The third-order valence-corrected chi connectivity index (χ3v) is 2.54. The van der Waals surface area contributed by atoms with Crippen molar-refractivity contribution >= 4 is 28.4 Å². The van der Waals surface area contributed by atoms with Crippen LogP contribution in [0.15, 0.2) is 30.3 Å². The minimum Gasteiger partial charge on any atom is -0.345 e. The number of fused-ring (bicyclic) bond motifs is 1. The topological polar surface area (TPSA) is 33.2 Å². The molecule has 0 atom stereocenters. The van der Waals surface area contributed by atoms with Crippen LogP contribution in [0.5, 0.6) is 0 Å². The van der Waals surface area contributed by atoms with Crippen LogP contribution in [0.25, 0.3) is 10.9 Å². The maximum atomic E-state index is 11.9. The summed E-state index contributed by atoms with van der Waals surface area (Å²) in [7, 11) is 3.45. The first-order chi connectivity index (χ1) is 7.59. The first-order valence-electron chi connectivity index (χ1n) is 4.86. The predicted molar refractivity (Wildman–Crippen MR) is 64.8 cm³/mol. The number of hydrogen-bond acceptors (Lipinski definition) is 2. The summed E-state index contributed by atoms with van der Waals surface area (Å²) in [6, 6.07) is 8.95. The number of amides is 1. The van der Waals surface area contributed by atoms with E-state index in [1.165, 1.54) is 0 Å². The van der Waals surface area contributed by atoms with Crippen LogP contribution < -0.4 is 0 Å². The normalized spacial score (nSPS) is 10.4. The summed E-state index contributed by atoms with van der Waals surface area (Å²) in [5.74, 6) is -0.0327. The molecule has 0 fully saturated rings. The Hall–Kier alpha value is -1.61. The minimum atomic E-state index is -0.0327. The summed E-state index contributed by atoms with van der Waals surface area (Å²) < 4.78 is 0. The Morgan fingerprint density at radius 1 is 1.25 bits per heavy atom. The Balaban J connectivity index is 2.67. The second-order valence-electron chi connectivity index (χ2n) is 3.71. The molecule has 0 aliphatic carbocycles. The molecule has 0 aliphatic heterocycles. The van der Waals surface area contributed by atoms with E-state index in [2.05, 4.69) is 4.98 Å². The molecule has 16 heavy (non-hydrogen) atoms. The fraction of sp³-hybridized carbons (Fsp3) is 0.167. The highest BCUT2D eigenvalue weighted by molar-refractivity contribution is 6.29. The smallest absolute Gasteiger partial charge is 0.254 e. The Morgan fingerprint density at radius 3 is 2.69 bits per heavy atom.